The van der Waals surface area contributed by atoms with E-state index in [1.165, 1.54) is 5.56 Å². The van der Waals surface area contributed by atoms with E-state index >= 15 is 0 Å². The molecule has 0 saturated carbocycles. The first-order chi connectivity index (χ1) is 11.2. The molecule has 0 aliphatic carbocycles. The molecular weight excluding hydrogens is 290 g/mol. The number of amides is 1. The molecule has 0 saturated heterocycles. The van der Waals surface area contributed by atoms with Crippen molar-refractivity contribution in [1.29, 1.82) is 0 Å². The van der Waals surface area contributed by atoms with E-state index in [0.29, 0.717) is 18.7 Å². The van der Waals surface area contributed by atoms with Gasteiger partial charge in [-0.05, 0) is 42.7 Å². The van der Waals surface area contributed by atoms with Crippen LogP contribution in [0.3, 0.4) is 0 Å². The minimum Gasteiger partial charge on any atom is -0.497 e. The highest BCUT2D eigenvalue weighted by atomic mass is 16.5. The molecule has 0 fully saturated rings. The van der Waals surface area contributed by atoms with Gasteiger partial charge < -0.3 is 14.8 Å². The maximum absolute atomic E-state index is 12.2. The number of hydrogen-bond donors (Lipinski definition) is 1. The van der Waals surface area contributed by atoms with Crippen molar-refractivity contribution in [1.82, 2.24) is 5.32 Å². The highest BCUT2D eigenvalue weighted by Crippen LogP contribution is 2.18. The molecule has 0 aromatic heterocycles. The summed E-state index contributed by atoms with van der Waals surface area (Å²) >= 11 is 0. The zero-order valence-electron chi connectivity index (χ0n) is 13.6. The molecule has 0 radical (unpaired) electrons. The van der Waals surface area contributed by atoms with Crippen molar-refractivity contribution in [3.05, 3.63) is 60.2 Å². The van der Waals surface area contributed by atoms with Crippen LogP contribution in [0.2, 0.25) is 0 Å². The topological polar surface area (TPSA) is 47.6 Å². The maximum atomic E-state index is 12.2. The van der Waals surface area contributed by atoms with Crippen molar-refractivity contribution in [2.45, 2.75) is 25.9 Å². The highest BCUT2D eigenvalue weighted by Gasteiger charge is 2.17. The number of carbonyl (C=O) groups is 1. The van der Waals surface area contributed by atoms with Crippen LogP contribution < -0.4 is 14.8 Å². The number of hydrogen-bond acceptors (Lipinski definition) is 3. The Morgan fingerprint density at radius 2 is 1.70 bits per heavy atom. The summed E-state index contributed by atoms with van der Waals surface area (Å²) < 4.78 is 10.9. The molecule has 1 amide bonds. The molecule has 4 heteroatoms. The van der Waals surface area contributed by atoms with E-state index in [0.717, 1.165) is 12.2 Å². The average Bonchev–Trinajstić information content (AvgIpc) is 2.61. The molecule has 1 atom stereocenters. The van der Waals surface area contributed by atoms with Gasteiger partial charge in [0.25, 0.3) is 5.91 Å². The van der Waals surface area contributed by atoms with Gasteiger partial charge in [0.1, 0.15) is 11.5 Å². The summed E-state index contributed by atoms with van der Waals surface area (Å²) in [5, 5.41) is 2.94. The fraction of sp³-hybridized carbons (Fsp3) is 0.316. The predicted octanol–water partition coefficient (Wildman–Crippen LogP) is 3.21. The normalized spacial score (nSPS) is 11.6. The summed E-state index contributed by atoms with van der Waals surface area (Å²) in [5.74, 6) is 1.34. The van der Waals surface area contributed by atoms with Gasteiger partial charge in [0.05, 0.1) is 7.11 Å². The van der Waals surface area contributed by atoms with E-state index in [2.05, 4.69) is 17.4 Å². The summed E-state index contributed by atoms with van der Waals surface area (Å²) in [6, 6.07) is 17.3. The van der Waals surface area contributed by atoms with Gasteiger partial charge in [0, 0.05) is 6.54 Å². The fourth-order valence-corrected chi connectivity index (χ4v) is 2.23. The summed E-state index contributed by atoms with van der Waals surface area (Å²) in [5.41, 5.74) is 1.21. The van der Waals surface area contributed by atoms with Crippen molar-refractivity contribution < 1.29 is 14.3 Å². The third kappa shape index (κ3) is 5.33. The van der Waals surface area contributed by atoms with Gasteiger partial charge in [-0.3, -0.25) is 4.79 Å². The zero-order chi connectivity index (χ0) is 16.5. The Morgan fingerprint density at radius 3 is 2.30 bits per heavy atom. The van der Waals surface area contributed by atoms with Gasteiger partial charge >= 0.3 is 0 Å². The monoisotopic (exact) mass is 313 g/mol. The van der Waals surface area contributed by atoms with E-state index in [4.69, 9.17) is 9.47 Å². The number of nitrogens with one attached hydrogen (secondary N) is 1. The molecule has 2 aromatic carbocycles. The lowest BCUT2D eigenvalue weighted by Crippen LogP contribution is -2.38. The molecule has 0 aliphatic heterocycles. The molecule has 0 heterocycles. The van der Waals surface area contributed by atoms with E-state index in [1.807, 2.05) is 37.3 Å². The van der Waals surface area contributed by atoms with E-state index in [-0.39, 0.29) is 5.91 Å². The predicted molar refractivity (Wildman–Crippen MR) is 90.9 cm³/mol. The standard InChI is InChI=1S/C19H23NO3/c1-3-18(23-17-11-9-16(22-2)10-12-17)19(21)20-14-13-15-7-5-4-6-8-15/h4-12,18H,3,13-14H2,1-2H3,(H,20,21)/t18-/m0/s1. The van der Waals surface area contributed by atoms with Crippen LogP contribution in [0.25, 0.3) is 0 Å². The summed E-state index contributed by atoms with van der Waals surface area (Å²) in [7, 11) is 1.62. The molecular formula is C19H23NO3. The fourth-order valence-electron chi connectivity index (χ4n) is 2.23. The number of ether oxygens (including phenoxy) is 2. The van der Waals surface area contributed by atoms with Crippen LogP contribution in [0.4, 0.5) is 0 Å². The Hall–Kier alpha value is -2.49. The smallest absolute Gasteiger partial charge is 0.261 e. The van der Waals surface area contributed by atoms with Gasteiger partial charge in [-0.15, -0.1) is 0 Å². The number of methoxy groups -OCH3 is 1. The summed E-state index contributed by atoms with van der Waals surface area (Å²) in [6.45, 7) is 2.54. The first kappa shape index (κ1) is 16.9. The van der Waals surface area contributed by atoms with E-state index in [1.54, 1.807) is 19.2 Å². The SMILES string of the molecule is CC[C@H](Oc1ccc(OC)cc1)C(=O)NCCc1ccccc1. The van der Waals surface area contributed by atoms with Gasteiger partial charge in [0.2, 0.25) is 0 Å². The third-order valence-corrected chi connectivity index (χ3v) is 3.56. The molecule has 0 unspecified atom stereocenters. The Labute approximate surface area is 137 Å². The lowest BCUT2D eigenvalue weighted by atomic mass is 10.1. The van der Waals surface area contributed by atoms with Gasteiger partial charge in [0.15, 0.2) is 6.10 Å². The van der Waals surface area contributed by atoms with Crippen LogP contribution in [0, 0.1) is 0 Å². The molecule has 0 bridgehead atoms. The molecule has 122 valence electrons. The minimum atomic E-state index is -0.487. The van der Waals surface area contributed by atoms with Crippen molar-refractivity contribution in [2.24, 2.45) is 0 Å². The number of benzene rings is 2. The molecule has 23 heavy (non-hydrogen) atoms. The van der Waals surface area contributed by atoms with E-state index in [9.17, 15) is 4.79 Å². The van der Waals surface area contributed by atoms with Gasteiger partial charge in [-0.1, -0.05) is 37.3 Å². The van der Waals surface area contributed by atoms with Crippen molar-refractivity contribution >= 4 is 5.91 Å². The van der Waals surface area contributed by atoms with Crippen LogP contribution >= 0.6 is 0 Å². The molecule has 4 nitrogen and oxygen atoms in total. The number of rotatable bonds is 8. The van der Waals surface area contributed by atoms with Crippen molar-refractivity contribution in [3.63, 3.8) is 0 Å². The highest BCUT2D eigenvalue weighted by molar-refractivity contribution is 5.81. The van der Waals surface area contributed by atoms with Crippen molar-refractivity contribution in [3.8, 4) is 11.5 Å². The van der Waals surface area contributed by atoms with Crippen LogP contribution in [0.1, 0.15) is 18.9 Å². The largest absolute Gasteiger partial charge is 0.497 e. The first-order valence-electron chi connectivity index (χ1n) is 7.85. The van der Waals surface area contributed by atoms with E-state index < -0.39 is 6.10 Å². The minimum absolute atomic E-state index is 0.0840. The maximum Gasteiger partial charge on any atom is 0.261 e. The lowest BCUT2D eigenvalue weighted by molar-refractivity contribution is -0.128. The molecule has 2 aromatic rings. The summed E-state index contributed by atoms with van der Waals surface area (Å²) in [4.78, 5) is 12.2. The van der Waals surface area contributed by atoms with Crippen LogP contribution in [0.15, 0.2) is 54.6 Å². The Kier molecular flexibility index (Phi) is 6.48. The Balaban J connectivity index is 1.82. The third-order valence-electron chi connectivity index (χ3n) is 3.56. The Morgan fingerprint density at radius 1 is 1.04 bits per heavy atom. The molecule has 0 aliphatic rings. The molecule has 1 N–H and O–H groups in total. The molecule has 2 rings (SSSR count). The second-order valence-corrected chi connectivity index (χ2v) is 5.22. The van der Waals surface area contributed by atoms with Crippen molar-refractivity contribution in [2.75, 3.05) is 13.7 Å². The Bertz CT molecular complexity index is 596. The average molecular weight is 313 g/mol. The second kappa shape index (κ2) is 8.83. The quantitative estimate of drug-likeness (QED) is 0.814. The van der Waals surface area contributed by atoms with Crippen LogP contribution in [-0.2, 0) is 11.2 Å². The number of carbonyl (C=O) groups excluding carboxylic acids is 1. The summed E-state index contributed by atoms with van der Waals surface area (Å²) in [6.07, 6.45) is 0.938. The van der Waals surface area contributed by atoms with Gasteiger partial charge in [-0.2, -0.15) is 0 Å². The molecule has 0 spiro atoms. The lowest BCUT2D eigenvalue weighted by Gasteiger charge is -2.17. The van der Waals surface area contributed by atoms with Gasteiger partial charge in [-0.25, -0.2) is 0 Å². The van der Waals surface area contributed by atoms with Crippen LogP contribution in [0.5, 0.6) is 11.5 Å². The zero-order valence-corrected chi connectivity index (χ0v) is 13.6. The van der Waals surface area contributed by atoms with Crippen LogP contribution in [-0.4, -0.2) is 25.7 Å². The first-order valence-corrected chi connectivity index (χ1v) is 7.85. The second-order valence-electron chi connectivity index (χ2n) is 5.22.